The van der Waals surface area contributed by atoms with Crippen LogP contribution in [0.25, 0.3) is 0 Å². The molecule has 14 heavy (non-hydrogen) atoms. The first kappa shape index (κ1) is 9.25. The summed E-state index contributed by atoms with van der Waals surface area (Å²) in [6, 6.07) is 3.78. The maximum Gasteiger partial charge on any atom is 0.163 e. The van der Waals surface area contributed by atoms with Gasteiger partial charge in [0.25, 0.3) is 0 Å². The molecule has 0 bridgehead atoms. The van der Waals surface area contributed by atoms with Crippen molar-refractivity contribution in [2.24, 2.45) is 0 Å². The van der Waals surface area contributed by atoms with Crippen LogP contribution < -0.4 is 4.74 Å². The van der Waals surface area contributed by atoms with Gasteiger partial charge in [-0.3, -0.25) is 4.79 Å². The minimum atomic E-state index is 0.275. The lowest BCUT2D eigenvalue weighted by molar-refractivity contribution is 0.0972. The number of fused-ring (bicyclic) bond motifs is 1. The van der Waals surface area contributed by atoms with Gasteiger partial charge < -0.3 is 4.74 Å². The Bertz CT molecular complexity index is 380. The molecule has 1 aliphatic carbocycles. The number of rotatable bonds is 1. The number of hydrogen-bond donors (Lipinski definition) is 0. The molecule has 1 aromatic rings. The highest BCUT2D eigenvalue weighted by Gasteiger charge is 2.19. The number of benzene rings is 1. The molecule has 2 rings (SSSR count). The summed E-state index contributed by atoms with van der Waals surface area (Å²) < 4.78 is 5.23. The lowest BCUT2D eigenvalue weighted by Crippen LogP contribution is -2.12. The normalized spacial score (nSPS) is 15.1. The summed E-state index contributed by atoms with van der Waals surface area (Å²) in [5.74, 6) is 1.16. The van der Waals surface area contributed by atoms with Crippen LogP contribution in [0.3, 0.4) is 0 Å². The Morgan fingerprint density at radius 1 is 1.29 bits per heavy atom. The summed E-state index contributed by atoms with van der Waals surface area (Å²) in [5.41, 5.74) is 3.20. The van der Waals surface area contributed by atoms with Gasteiger partial charge in [0, 0.05) is 12.0 Å². The lowest BCUT2D eigenvalue weighted by atomic mass is 9.87. The third kappa shape index (κ3) is 1.31. The number of ether oxygens (including phenoxy) is 1. The van der Waals surface area contributed by atoms with Crippen LogP contribution in [0.5, 0.6) is 5.75 Å². The fourth-order valence-corrected chi connectivity index (χ4v) is 2.10. The summed E-state index contributed by atoms with van der Waals surface area (Å²) in [5, 5.41) is 0. The second-order valence-electron chi connectivity index (χ2n) is 3.70. The van der Waals surface area contributed by atoms with Crippen molar-refractivity contribution in [3.63, 3.8) is 0 Å². The van der Waals surface area contributed by atoms with Crippen LogP contribution in [0.4, 0.5) is 0 Å². The van der Waals surface area contributed by atoms with Crippen molar-refractivity contribution in [3.05, 3.63) is 28.8 Å². The van der Waals surface area contributed by atoms with Crippen molar-refractivity contribution in [2.75, 3.05) is 7.11 Å². The highest BCUT2D eigenvalue weighted by atomic mass is 16.5. The van der Waals surface area contributed by atoms with Crippen LogP contribution in [-0.4, -0.2) is 12.9 Å². The molecule has 0 fully saturated rings. The van der Waals surface area contributed by atoms with Gasteiger partial charge in [0.1, 0.15) is 5.75 Å². The van der Waals surface area contributed by atoms with E-state index in [1.165, 1.54) is 5.56 Å². The molecule has 0 amide bonds. The van der Waals surface area contributed by atoms with E-state index in [-0.39, 0.29) is 5.78 Å². The molecule has 1 aromatic carbocycles. The molecule has 0 heterocycles. The number of methoxy groups -OCH3 is 1. The van der Waals surface area contributed by atoms with E-state index in [2.05, 4.69) is 0 Å². The topological polar surface area (TPSA) is 26.3 Å². The molecule has 74 valence electrons. The molecule has 0 atom stereocenters. The zero-order valence-corrected chi connectivity index (χ0v) is 8.59. The van der Waals surface area contributed by atoms with Crippen molar-refractivity contribution >= 4 is 5.78 Å². The SMILES string of the molecule is COc1ccc2c(c1C)CCCC2=O. The number of hydrogen-bond acceptors (Lipinski definition) is 2. The van der Waals surface area contributed by atoms with Crippen molar-refractivity contribution in [3.8, 4) is 5.75 Å². The van der Waals surface area contributed by atoms with Gasteiger partial charge >= 0.3 is 0 Å². The van der Waals surface area contributed by atoms with Gasteiger partial charge in [-0.2, -0.15) is 0 Å². The Labute approximate surface area is 83.9 Å². The molecule has 2 nitrogen and oxygen atoms in total. The first-order valence-corrected chi connectivity index (χ1v) is 4.93. The van der Waals surface area contributed by atoms with Crippen molar-refractivity contribution in [1.82, 2.24) is 0 Å². The summed E-state index contributed by atoms with van der Waals surface area (Å²) in [4.78, 5) is 11.6. The fourth-order valence-electron chi connectivity index (χ4n) is 2.10. The molecule has 0 unspecified atom stereocenters. The van der Waals surface area contributed by atoms with E-state index in [0.29, 0.717) is 6.42 Å². The van der Waals surface area contributed by atoms with E-state index in [0.717, 1.165) is 29.7 Å². The molecule has 1 aliphatic rings. The lowest BCUT2D eigenvalue weighted by Gasteiger charge is -2.18. The standard InChI is InChI=1S/C12H14O2/c1-8-9-4-3-5-11(13)10(9)6-7-12(8)14-2/h6-7H,3-5H2,1-2H3. The van der Waals surface area contributed by atoms with Gasteiger partial charge in [-0.05, 0) is 43.0 Å². The van der Waals surface area contributed by atoms with Crippen LogP contribution in [0.2, 0.25) is 0 Å². The maximum absolute atomic E-state index is 11.6. The smallest absolute Gasteiger partial charge is 0.163 e. The largest absolute Gasteiger partial charge is 0.496 e. The van der Waals surface area contributed by atoms with Gasteiger partial charge in [-0.1, -0.05) is 0 Å². The van der Waals surface area contributed by atoms with E-state index in [1.807, 2.05) is 19.1 Å². The number of carbonyl (C=O) groups excluding carboxylic acids is 1. The quantitative estimate of drug-likeness (QED) is 0.680. The minimum Gasteiger partial charge on any atom is -0.496 e. The Morgan fingerprint density at radius 2 is 2.07 bits per heavy atom. The predicted molar refractivity (Wildman–Crippen MR) is 55.0 cm³/mol. The highest BCUT2D eigenvalue weighted by Crippen LogP contribution is 2.29. The predicted octanol–water partition coefficient (Wildman–Crippen LogP) is 2.52. The van der Waals surface area contributed by atoms with Crippen LogP contribution in [0, 0.1) is 6.92 Å². The number of Topliss-reactive ketones (excluding diaryl/α,β-unsaturated/α-hetero) is 1. The minimum absolute atomic E-state index is 0.275. The third-order valence-electron chi connectivity index (χ3n) is 2.90. The Hall–Kier alpha value is -1.31. The summed E-state index contributed by atoms with van der Waals surface area (Å²) in [7, 11) is 1.67. The Kier molecular flexibility index (Phi) is 2.28. The summed E-state index contributed by atoms with van der Waals surface area (Å²) in [6.45, 7) is 2.02. The fraction of sp³-hybridized carbons (Fsp3) is 0.417. The first-order chi connectivity index (χ1) is 6.74. The molecule has 0 aliphatic heterocycles. The van der Waals surface area contributed by atoms with Crippen molar-refractivity contribution in [2.45, 2.75) is 26.2 Å². The summed E-state index contributed by atoms with van der Waals surface area (Å²) >= 11 is 0. The van der Waals surface area contributed by atoms with E-state index >= 15 is 0 Å². The van der Waals surface area contributed by atoms with Crippen molar-refractivity contribution in [1.29, 1.82) is 0 Å². The van der Waals surface area contributed by atoms with Crippen LogP contribution >= 0.6 is 0 Å². The molecule has 0 saturated carbocycles. The average Bonchev–Trinajstić information content (AvgIpc) is 2.20. The van der Waals surface area contributed by atoms with Crippen molar-refractivity contribution < 1.29 is 9.53 Å². The van der Waals surface area contributed by atoms with E-state index in [1.54, 1.807) is 7.11 Å². The Balaban J connectivity index is 2.57. The zero-order chi connectivity index (χ0) is 10.1. The van der Waals surface area contributed by atoms with Crippen LogP contribution in [-0.2, 0) is 6.42 Å². The molecule has 0 aromatic heterocycles. The second kappa shape index (κ2) is 3.45. The van der Waals surface area contributed by atoms with Gasteiger partial charge in [-0.25, -0.2) is 0 Å². The molecule has 0 radical (unpaired) electrons. The number of carbonyl (C=O) groups is 1. The average molecular weight is 190 g/mol. The van der Waals surface area contributed by atoms with Gasteiger partial charge in [0.2, 0.25) is 0 Å². The molecule has 0 N–H and O–H groups in total. The molecule has 2 heteroatoms. The summed E-state index contributed by atoms with van der Waals surface area (Å²) in [6.07, 6.45) is 2.67. The zero-order valence-electron chi connectivity index (χ0n) is 8.59. The van der Waals surface area contributed by atoms with Crippen LogP contribution in [0.15, 0.2) is 12.1 Å². The number of ketones is 1. The maximum atomic E-state index is 11.6. The van der Waals surface area contributed by atoms with Gasteiger partial charge in [0.15, 0.2) is 5.78 Å². The van der Waals surface area contributed by atoms with E-state index in [9.17, 15) is 4.79 Å². The van der Waals surface area contributed by atoms with Crippen LogP contribution in [0.1, 0.15) is 34.3 Å². The Morgan fingerprint density at radius 3 is 2.79 bits per heavy atom. The third-order valence-corrected chi connectivity index (χ3v) is 2.90. The second-order valence-corrected chi connectivity index (χ2v) is 3.70. The molecular formula is C12H14O2. The molecule has 0 saturated heterocycles. The van der Waals surface area contributed by atoms with E-state index in [4.69, 9.17) is 4.74 Å². The molecule has 0 spiro atoms. The van der Waals surface area contributed by atoms with Gasteiger partial charge in [0.05, 0.1) is 7.11 Å². The van der Waals surface area contributed by atoms with Gasteiger partial charge in [-0.15, -0.1) is 0 Å². The van der Waals surface area contributed by atoms with E-state index < -0.39 is 0 Å². The highest BCUT2D eigenvalue weighted by molar-refractivity contribution is 5.99. The first-order valence-electron chi connectivity index (χ1n) is 4.93. The molecular weight excluding hydrogens is 176 g/mol. The monoisotopic (exact) mass is 190 g/mol.